The molecular weight excluding hydrogens is 284 g/mol. The van der Waals surface area contributed by atoms with Gasteiger partial charge in [-0.05, 0) is 0 Å². The Bertz CT molecular complexity index is 124. The number of rotatable bonds is 0. The summed E-state index contributed by atoms with van der Waals surface area (Å²) in [5.74, 6) is 0. The van der Waals surface area contributed by atoms with E-state index in [9.17, 15) is 4.32 Å². The Hall–Kier alpha value is 0.252. The first kappa shape index (κ1) is 18.1. The fourth-order valence-electron chi connectivity index (χ4n) is 0.385. The molecule has 1 aromatic rings. The second-order valence-corrected chi connectivity index (χ2v) is 1.47. The summed E-state index contributed by atoms with van der Waals surface area (Å²) >= 11 is 0. The van der Waals surface area contributed by atoms with Gasteiger partial charge in [0.2, 0.25) is 0 Å². The third kappa shape index (κ3) is 22.5. The van der Waals surface area contributed by atoms with E-state index >= 15 is 0 Å². The molecule has 6 heteroatoms. The van der Waals surface area contributed by atoms with Gasteiger partial charge in [-0.25, -0.2) is 0 Å². The Morgan fingerprint density at radius 1 is 0.750 bits per heavy atom. The Morgan fingerprint density at radius 3 is 0.917 bits per heavy atom. The normalized spacial score (nSPS) is 6.25. The van der Waals surface area contributed by atoms with Crippen molar-refractivity contribution in [2.45, 2.75) is 0 Å². The minimum atomic E-state index is -2.67. The molecule has 0 amide bonds. The van der Waals surface area contributed by atoms with Crippen molar-refractivity contribution in [1.82, 2.24) is 0 Å². The fraction of sp³-hybridized carbons (Fsp3) is 0. The van der Waals surface area contributed by atoms with Crippen molar-refractivity contribution in [2.75, 3.05) is 0 Å². The van der Waals surface area contributed by atoms with Crippen LogP contribution in [0.5, 0.6) is 0 Å². The minimum absolute atomic E-state index is 0. The van der Waals surface area contributed by atoms with E-state index in [1.807, 2.05) is 36.4 Å². The molecule has 2 N–H and O–H groups in total. The van der Waals surface area contributed by atoms with Gasteiger partial charge in [0, 0.05) is 0 Å². The SMILES string of the molecule is OB(O)F.[AsH3].[AsH3].c1ccccc1. The van der Waals surface area contributed by atoms with Gasteiger partial charge in [-0.2, -0.15) is 0 Å². The molecule has 0 saturated carbocycles. The minimum Gasteiger partial charge on any atom is -0.0623 e. The largest absolute Gasteiger partial charge is 0.0623 e. The summed E-state index contributed by atoms with van der Waals surface area (Å²) in [4.78, 5) is 0. The molecule has 0 bridgehead atoms. The molecule has 0 aliphatic rings. The topological polar surface area (TPSA) is 40.5 Å². The van der Waals surface area contributed by atoms with Gasteiger partial charge in [-0.3, -0.25) is 4.32 Å². The molecule has 0 spiro atoms. The van der Waals surface area contributed by atoms with Crippen LogP contribution < -0.4 is 0 Å². The number of benzene rings is 1. The first-order chi connectivity index (χ1) is 4.73. The second-order valence-electron chi connectivity index (χ2n) is 1.47. The molecule has 0 saturated heterocycles. The quantitative estimate of drug-likeness (QED) is 0.557. The van der Waals surface area contributed by atoms with Crippen molar-refractivity contribution in [3.05, 3.63) is 36.4 Å². The summed E-state index contributed by atoms with van der Waals surface area (Å²) in [5, 5.41) is 13.9. The van der Waals surface area contributed by atoms with Crippen LogP contribution in [0.4, 0.5) is 4.32 Å². The maximum absolute atomic E-state index is 10.1. The molecule has 70 valence electrons. The van der Waals surface area contributed by atoms with Crippen LogP contribution in [0, 0.1) is 0 Å². The van der Waals surface area contributed by atoms with E-state index in [4.69, 9.17) is 10.0 Å². The number of halogens is 1. The summed E-state index contributed by atoms with van der Waals surface area (Å²) in [7, 11) is -2.67. The molecule has 2 nitrogen and oxygen atoms in total. The smallest absolute Gasteiger partial charge is 0.0623 e. The van der Waals surface area contributed by atoms with Crippen LogP contribution in [0.1, 0.15) is 0 Å². The second kappa shape index (κ2) is 13.8. The summed E-state index contributed by atoms with van der Waals surface area (Å²) in [6, 6.07) is 12.0. The van der Waals surface area contributed by atoms with Crippen molar-refractivity contribution in [2.24, 2.45) is 0 Å². The van der Waals surface area contributed by atoms with Gasteiger partial charge in [0.1, 0.15) is 0 Å². The van der Waals surface area contributed by atoms with Crippen molar-refractivity contribution in [3.63, 3.8) is 0 Å². The molecule has 1 rings (SSSR count). The zero-order chi connectivity index (χ0) is 7.82. The third-order valence-electron chi connectivity index (χ3n) is 0.667. The van der Waals surface area contributed by atoms with E-state index in [0.717, 1.165) is 0 Å². The third-order valence-corrected chi connectivity index (χ3v) is 0.667. The van der Waals surface area contributed by atoms with Crippen LogP contribution in [0.25, 0.3) is 0 Å². The van der Waals surface area contributed by atoms with Gasteiger partial charge in [0.15, 0.2) is 0 Å². The van der Waals surface area contributed by atoms with E-state index in [1.54, 1.807) is 0 Å². The van der Waals surface area contributed by atoms with Crippen molar-refractivity contribution >= 4 is 43.3 Å². The summed E-state index contributed by atoms with van der Waals surface area (Å²) in [6.07, 6.45) is 0. The van der Waals surface area contributed by atoms with Gasteiger partial charge >= 0.3 is 43.3 Å². The van der Waals surface area contributed by atoms with Gasteiger partial charge in [-0.1, -0.05) is 36.4 Å². The fourth-order valence-corrected chi connectivity index (χ4v) is 0.385. The number of hydrogen-bond donors (Lipinski definition) is 2. The molecule has 0 radical (unpaired) electrons. The molecule has 2 atom stereocenters. The van der Waals surface area contributed by atoms with Gasteiger partial charge in [-0.15, -0.1) is 0 Å². The van der Waals surface area contributed by atoms with E-state index < -0.39 is 7.40 Å². The molecule has 12 heavy (non-hydrogen) atoms. The summed E-state index contributed by atoms with van der Waals surface area (Å²) < 4.78 is 10.1. The first-order valence-corrected chi connectivity index (χ1v) is 2.73. The summed E-state index contributed by atoms with van der Waals surface area (Å²) in [5.41, 5.74) is 0. The van der Waals surface area contributed by atoms with Crippen molar-refractivity contribution in [1.29, 1.82) is 0 Å². The first-order valence-electron chi connectivity index (χ1n) is 2.73. The maximum Gasteiger partial charge on any atom is -0.0623 e. The van der Waals surface area contributed by atoms with E-state index in [0.29, 0.717) is 0 Å². The molecule has 0 aromatic heterocycles. The zero-order valence-electron chi connectivity index (χ0n) is 6.73. The van der Waals surface area contributed by atoms with E-state index in [2.05, 4.69) is 0 Å². The molecule has 0 fully saturated rings. The van der Waals surface area contributed by atoms with Crippen LogP contribution >= 0.6 is 0 Å². The molecule has 0 heterocycles. The zero-order valence-corrected chi connectivity index (χ0v) is 12.7. The van der Waals surface area contributed by atoms with Crippen LogP contribution in [0.2, 0.25) is 0 Å². The standard InChI is InChI=1S/C6H6.2AsH3.BFH2O2/c1-2-4-6-5-3-1;;;2-1(3)4/h1-6H;2*1H3;3-4H. The molecule has 0 aliphatic carbocycles. The van der Waals surface area contributed by atoms with Crippen molar-refractivity contribution in [3.8, 4) is 0 Å². The predicted octanol–water partition coefficient (Wildman–Crippen LogP) is -1.76. The Kier molecular flexibility index (Phi) is 20.9. The van der Waals surface area contributed by atoms with Crippen LogP contribution in [-0.2, 0) is 0 Å². The van der Waals surface area contributed by atoms with E-state index in [1.165, 1.54) is 0 Å². The number of hydrogen-bond acceptors (Lipinski definition) is 2. The van der Waals surface area contributed by atoms with Crippen LogP contribution in [0.15, 0.2) is 36.4 Å². The molecular formula is C6H14As2BFO2. The maximum atomic E-state index is 10.1. The molecule has 2 unspecified atom stereocenters. The Morgan fingerprint density at radius 2 is 0.833 bits per heavy atom. The average molecular weight is 298 g/mol. The van der Waals surface area contributed by atoms with Gasteiger partial charge in [0.05, 0.1) is 0 Å². The van der Waals surface area contributed by atoms with Crippen LogP contribution in [0.3, 0.4) is 0 Å². The van der Waals surface area contributed by atoms with Gasteiger partial charge < -0.3 is 10.0 Å². The Labute approximate surface area is 94.0 Å². The summed E-state index contributed by atoms with van der Waals surface area (Å²) in [6.45, 7) is 0. The van der Waals surface area contributed by atoms with Crippen molar-refractivity contribution < 1.29 is 14.4 Å². The average Bonchev–Trinajstić information content (AvgIpc) is 1.90. The predicted molar refractivity (Wildman–Crippen MR) is 57.6 cm³/mol. The Balaban J connectivity index is -0.000000124. The monoisotopic (exact) mass is 298 g/mol. The van der Waals surface area contributed by atoms with Crippen LogP contribution in [-0.4, -0.2) is 53.4 Å². The molecule has 1 aromatic carbocycles. The van der Waals surface area contributed by atoms with E-state index in [-0.39, 0.29) is 35.9 Å². The van der Waals surface area contributed by atoms with Gasteiger partial charge in [0.25, 0.3) is 0 Å². The molecule has 0 aliphatic heterocycles.